The van der Waals surface area contributed by atoms with Crippen LogP contribution in [0.2, 0.25) is 0 Å². The van der Waals surface area contributed by atoms with E-state index in [1.807, 2.05) is 32.0 Å². The van der Waals surface area contributed by atoms with Gasteiger partial charge in [0, 0.05) is 29.1 Å². The van der Waals surface area contributed by atoms with Crippen LogP contribution in [0.3, 0.4) is 0 Å². The normalized spacial score (nSPS) is 17.6. The molecule has 3 atom stereocenters. The molecular weight excluding hydrogens is 509 g/mol. The number of halogens is 1. The zero-order chi connectivity index (χ0) is 28.2. The van der Waals surface area contributed by atoms with E-state index >= 15 is 0 Å². The number of hydrogen-bond donors (Lipinski definition) is 3. The highest BCUT2D eigenvalue weighted by atomic mass is 19.1. The van der Waals surface area contributed by atoms with Gasteiger partial charge in [0.15, 0.2) is 0 Å². The minimum atomic E-state index is -0.746. The SMILES string of the molecule is CC(C)CNC(=O)c1ccc(OC2CCC(N)C2)c(C(NC(=O)c2coc3ccccc23)c2ccc(F)cc2)c1. The van der Waals surface area contributed by atoms with E-state index in [-0.39, 0.29) is 29.9 Å². The fourth-order valence-corrected chi connectivity index (χ4v) is 5.04. The van der Waals surface area contributed by atoms with Gasteiger partial charge in [-0.15, -0.1) is 0 Å². The molecule has 4 N–H and O–H groups in total. The molecule has 0 aliphatic heterocycles. The summed E-state index contributed by atoms with van der Waals surface area (Å²) in [5.74, 6) is -0.176. The van der Waals surface area contributed by atoms with Gasteiger partial charge < -0.3 is 25.5 Å². The number of carbonyl (C=O) groups is 2. The average molecular weight is 544 g/mol. The van der Waals surface area contributed by atoms with Gasteiger partial charge >= 0.3 is 0 Å². The highest BCUT2D eigenvalue weighted by Gasteiger charge is 2.28. The first kappa shape index (κ1) is 27.4. The Morgan fingerprint density at radius 2 is 1.82 bits per heavy atom. The number of amides is 2. The molecule has 1 aliphatic carbocycles. The minimum absolute atomic E-state index is 0.0662. The van der Waals surface area contributed by atoms with Crippen LogP contribution in [0.25, 0.3) is 11.0 Å². The molecular formula is C32H34FN3O4. The van der Waals surface area contributed by atoms with Gasteiger partial charge in [0.1, 0.15) is 29.5 Å². The van der Waals surface area contributed by atoms with Crippen molar-refractivity contribution < 1.29 is 23.1 Å². The molecule has 2 amide bonds. The van der Waals surface area contributed by atoms with Crippen molar-refractivity contribution in [3.63, 3.8) is 0 Å². The first-order valence-electron chi connectivity index (χ1n) is 13.7. The Hall–Kier alpha value is -4.17. The molecule has 1 saturated carbocycles. The molecule has 0 bridgehead atoms. The quantitative estimate of drug-likeness (QED) is 0.250. The summed E-state index contributed by atoms with van der Waals surface area (Å²) in [6.45, 7) is 4.57. The van der Waals surface area contributed by atoms with Crippen LogP contribution in [-0.2, 0) is 0 Å². The molecule has 8 heteroatoms. The number of nitrogens with one attached hydrogen (secondary N) is 2. The van der Waals surface area contributed by atoms with Crippen LogP contribution in [0, 0.1) is 11.7 Å². The molecule has 1 aliphatic rings. The number of nitrogens with two attached hydrogens (primary N) is 1. The molecule has 208 valence electrons. The molecule has 0 spiro atoms. The molecule has 40 heavy (non-hydrogen) atoms. The summed E-state index contributed by atoms with van der Waals surface area (Å²) in [5.41, 5.74) is 8.76. The van der Waals surface area contributed by atoms with Crippen LogP contribution in [0.1, 0.15) is 71.0 Å². The lowest BCUT2D eigenvalue weighted by Crippen LogP contribution is -2.31. The lowest BCUT2D eigenvalue weighted by molar-refractivity contribution is 0.0940. The number of carbonyl (C=O) groups excluding carboxylic acids is 2. The monoisotopic (exact) mass is 543 g/mol. The number of para-hydroxylation sites is 1. The Kier molecular flexibility index (Phi) is 8.16. The number of hydrogen-bond acceptors (Lipinski definition) is 5. The summed E-state index contributed by atoms with van der Waals surface area (Å²) in [6, 6.07) is 17.8. The number of furan rings is 1. The highest BCUT2D eigenvalue weighted by Crippen LogP contribution is 2.35. The van der Waals surface area contributed by atoms with E-state index in [1.165, 1.54) is 18.4 Å². The second-order valence-corrected chi connectivity index (χ2v) is 10.8. The second kappa shape index (κ2) is 11.9. The van der Waals surface area contributed by atoms with Gasteiger partial charge in [0.2, 0.25) is 0 Å². The number of ether oxygens (including phenoxy) is 1. The average Bonchev–Trinajstić information content (AvgIpc) is 3.57. The third-order valence-electron chi connectivity index (χ3n) is 7.18. The Morgan fingerprint density at radius 3 is 2.55 bits per heavy atom. The van der Waals surface area contributed by atoms with Crippen LogP contribution in [0.5, 0.6) is 5.75 Å². The molecule has 7 nitrogen and oxygen atoms in total. The first-order valence-corrected chi connectivity index (χ1v) is 13.7. The number of fused-ring (bicyclic) bond motifs is 1. The first-order chi connectivity index (χ1) is 19.3. The highest BCUT2D eigenvalue weighted by molar-refractivity contribution is 6.06. The van der Waals surface area contributed by atoms with Crippen LogP contribution in [-0.4, -0.2) is 30.5 Å². The Morgan fingerprint density at radius 1 is 1.05 bits per heavy atom. The van der Waals surface area contributed by atoms with E-state index in [4.69, 9.17) is 14.9 Å². The summed E-state index contributed by atoms with van der Waals surface area (Å²) in [5, 5.41) is 6.72. The van der Waals surface area contributed by atoms with E-state index in [1.54, 1.807) is 36.4 Å². The van der Waals surface area contributed by atoms with E-state index in [9.17, 15) is 14.0 Å². The predicted molar refractivity (Wildman–Crippen MR) is 152 cm³/mol. The zero-order valence-corrected chi connectivity index (χ0v) is 22.7. The lowest BCUT2D eigenvalue weighted by Gasteiger charge is -2.25. The molecule has 3 unspecified atom stereocenters. The summed E-state index contributed by atoms with van der Waals surface area (Å²) < 4.78 is 26.0. The second-order valence-electron chi connectivity index (χ2n) is 10.8. The largest absolute Gasteiger partial charge is 0.490 e. The lowest BCUT2D eigenvalue weighted by atomic mass is 9.95. The Balaban J connectivity index is 1.56. The van der Waals surface area contributed by atoms with Gasteiger partial charge in [-0.3, -0.25) is 9.59 Å². The standard InChI is InChI=1S/C32H34FN3O4/c1-19(2)17-35-31(37)21-9-14-29(40-24-13-12-23(34)16-24)26(15-21)30(20-7-10-22(33)11-8-20)36-32(38)27-18-39-28-6-4-3-5-25(27)28/h3-11,14-15,18-19,23-24,30H,12-13,16-17,34H2,1-2H3,(H,35,37)(H,36,38). The van der Waals surface area contributed by atoms with E-state index in [0.29, 0.717) is 51.9 Å². The molecule has 4 aromatic rings. The van der Waals surface area contributed by atoms with Gasteiger partial charge in [-0.2, -0.15) is 0 Å². The topological polar surface area (TPSA) is 107 Å². The third kappa shape index (κ3) is 6.18. The van der Waals surface area contributed by atoms with Crippen molar-refractivity contribution in [2.24, 2.45) is 11.7 Å². The van der Waals surface area contributed by atoms with Gasteiger partial charge in [-0.25, -0.2) is 4.39 Å². The fraction of sp³-hybridized carbons (Fsp3) is 0.312. The molecule has 5 rings (SSSR count). The van der Waals surface area contributed by atoms with Gasteiger partial charge in [-0.1, -0.05) is 44.2 Å². The third-order valence-corrected chi connectivity index (χ3v) is 7.18. The van der Waals surface area contributed by atoms with Crippen molar-refractivity contribution in [1.82, 2.24) is 10.6 Å². The van der Waals surface area contributed by atoms with Crippen LogP contribution in [0.15, 0.2) is 77.4 Å². The predicted octanol–water partition coefficient (Wildman–Crippen LogP) is 5.74. The Bertz CT molecular complexity index is 1500. The van der Waals surface area contributed by atoms with Crippen molar-refractivity contribution in [3.05, 3.63) is 101 Å². The van der Waals surface area contributed by atoms with Crippen LogP contribution < -0.4 is 21.1 Å². The molecule has 1 aromatic heterocycles. The zero-order valence-electron chi connectivity index (χ0n) is 22.7. The van der Waals surface area contributed by atoms with Crippen molar-refractivity contribution in [1.29, 1.82) is 0 Å². The van der Waals surface area contributed by atoms with Crippen molar-refractivity contribution in [3.8, 4) is 5.75 Å². The molecule has 3 aromatic carbocycles. The van der Waals surface area contributed by atoms with Crippen LogP contribution in [0.4, 0.5) is 4.39 Å². The summed E-state index contributed by atoms with van der Waals surface area (Å²) in [4.78, 5) is 26.7. The molecule has 0 radical (unpaired) electrons. The maximum atomic E-state index is 13.9. The summed E-state index contributed by atoms with van der Waals surface area (Å²) >= 11 is 0. The minimum Gasteiger partial charge on any atom is -0.490 e. The van der Waals surface area contributed by atoms with Gasteiger partial charge in [0.25, 0.3) is 11.8 Å². The van der Waals surface area contributed by atoms with Crippen LogP contribution >= 0.6 is 0 Å². The maximum Gasteiger partial charge on any atom is 0.255 e. The summed E-state index contributed by atoms with van der Waals surface area (Å²) in [6.07, 6.45) is 3.73. The maximum absolute atomic E-state index is 13.9. The fourth-order valence-electron chi connectivity index (χ4n) is 5.04. The molecule has 0 saturated heterocycles. The van der Waals surface area contributed by atoms with Crippen molar-refractivity contribution in [2.75, 3.05) is 6.54 Å². The van der Waals surface area contributed by atoms with E-state index in [2.05, 4.69) is 10.6 Å². The van der Waals surface area contributed by atoms with Gasteiger partial charge in [-0.05, 0) is 67.1 Å². The van der Waals surface area contributed by atoms with Gasteiger partial charge in [0.05, 0.1) is 11.6 Å². The number of rotatable bonds is 9. The van der Waals surface area contributed by atoms with E-state index < -0.39 is 11.9 Å². The smallest absolute Gasteiger partial charge is 0.255 e. The van der Waals surface area contributed by atoms with Crippen molar-refractivity contribution in [2.45, 2.75) is 51.3 Å². The Labute approximate surface area is 232 Å². The molecule has 1 fully saturated rings. The molecule has 1 heterocycles. The van der Waals surface area contributed by atoms with E-state index in [0.717, 1.165) is 12.8 Å². The number of benzene rings is 3. The van der Waals surface area contributed by atoms with Crippen molar-refractivity contribution >= 4 is 22.8 Å². The summed E-state index contributed by atoms with van der Waals surface area (Å²) in [7, 11) is 0.